The van der Waals surface area contributed by atoms with Gasteiger partial charge in [0.15, 0.2) is 0 Å². The minimum Gasteiger partial charge on any atom is -0.487 e. The van der Waals surface area contributed by atoms with Crippen molar-refractivity contribution >= 4 is 29.2 Å². The summed E-state index contributed by atoms with van der Waals surface area (Å²) >= 11 is 1.17. The third-order valence-electron chi connectivity index (χ3n) is 4.73. The van der Waals surface area contributed by atoms with E-state index in [4.69, 9.17) is 15.2 Å². The summed E-state index contributed by atoms with van der Waals surface area (Å²) in [6.07, 6.45) is -0.432. The number of nitrogens with zero attached hydrogens (tertiary/aromatic N) is 2. The maximum absolute atomic E-state index is 14.4. The maximum Gasteiger partial charge on any atom is 0.410 e. The zero-order valence-corrected chi connectivity index (χ0v) is 19.0. The van der Waals surface area contributed by atoms with Gasteiger partial charge in [0.2, 0.25) is 0 Å². The molecule has 2 N–H and O–H groups in total. The van der Waals surface area contributed by atoms with Gasteiger partial charge in [0, 0.05) is 26.2 Å². The van der Waals surface area contributed by atoms with Gasteiger partial charge in [-0.15, -0.1) is 11.3 Å². The molecule has 1 aliphatic heterocycles. The molecule has 172 valence electrons. The van der Waals surface area contributed by atoms with Crippen LogP contribution in [0.1, 0.15) is 46.4 Å². The normalized spacial score (nSPS) is 14.2. The molecule has 0 aliphatic carbocycles. The van der Waals surface area contributed by atoms with E-state index in [2.05, 4.69) is 0 Å². The monoisotopic (exact) mass is 463 g/mol. The van der Waals surface area contributed by atoms with E-state index < -0.39 is 29.3 Å². The molecule has 1 aromatic carbocycles. The summed E-state index contributed by atoms with van der Waals surface area (Å²) < 4.78 is 25.4. The molecule has 1 fully saturated rings. The molecular formula is C22H26FN3O5S. The van der Waals surface area contributed by atoms with Gasteiger partial charge < -0.3 is 25.0 Å². The van der Waals surface area contributed by atoms with Crippen molar-refractivity contribution in [1.82, 2.24) is 9.80 Å². The molecule has 2 heterocycles. The molecule has 0 bridgehead atoms. The van der Waals surface area contributed by atoms with Crippen LogP contribution < -0.4 is 10.5 Å². The van der Waals surface area contributed by atoms with Crippen LogP contribution >= 0.6 is 11.3 Å². The number of hydrogen-bond donors (Lipinski definition) is 1. The molecule has 0 radical (unpaired) electrons. The molecule has 1 saturated heterocycles. The van der Waals surface area contributed by atoms with Crippen molar-refractivity contribution in [2.45, 2.75) is 33.0 Å². The van der Waals surface area contributed by atoms with Crippen molar-refractivity contribution in [2.75, 3.05) is 26.2 Å². The molecule has 32 heavy (non-hydrogen) atoms. The van der Waals surface area contributed by atoms with Gasteiger partial charge in [0.1, 0.15) is 28.7 Å². The first kappa shape index (κ1) is 23.5. The first-order valence-corrected chi connectivity index (χ1v) is 11.0. The van der Waals surface area contributed by atoms with Gasteiger partial charge in [-0.25, -0.2) is 9.18 Å². The van der Waals surface area contributed by atoms with E-state index in [0.717, 1.165) is 0 Å². The van der Waals surface area contributed by atoms with Crippen molar-refractivity contribution < 1.29 is 28.2 Å². The maximum atomic E-state index is 14.4. The van der Waals surface area contributed by atoms with E-state index in [9.17, 15) is 18.8 Å². The molecule has 0 unspecified atom stereocenters. The Morgan fingerprint density at radius 1 is 1.09 bits per heavy atom. The molecule has 3 amide bonds. The molecule has 2 aromatic rings. The summed E-state index contributed by atoms with van der Waals surface area (Å²) in [5.41, 5.74) is 5.21. The van der Waals surface area contributed by atoms with Crippen LogP contribution in [0.15, 0.2) is 29.6 Å². The average Bonchev–Trinajstić information content (AvgIpc) is 3.20. The number of hydrogen-bond acceptors (Lipinski definition) is 6. The highest BCUT2D eigenvalue weighted by Gasteiger charge is 2.29. The Hall–Kier alpha value is -3.14. The topological polar surface area (TPSA) is 102 Å². The molecule has 8 nitrogen and oxygen atoms in total. The van der Waals surface area contributed by atoms with Gasteiger partial charge >= 0.3 is 6.09 Å². The number of carbonyl (C=O) groups is 3. The summed E-state index contributed by atoms with van der Waals surface area (Å²) in [4.78, 5) is 39.8. The molecule has 1 aliphatic rings. The van der Waals surface area contributed by atoms with Gasteiger partial charge in [-0.05, 0) is 49.9 Å². The van der Waals surface area contributed by atoms with Gasteiger partial charge in [-0.1, -0.05) is 6.07 Å². The van der Waals surface area contributed by atoms with E-state index in [-0.39, 0.29) is 25.3 Å². The molecule has 0 saturated carbocycles. The highest BCUT2D eigenvalue weighted by Crippen LogP contribution is 2.25. The second-order valence-electron chi connectivity index (χ2n) is 8.34. The number of nitrogens with two attached hydrogens (primary N) is 1. The lowest BCUT2D eigenvalue weighted by atomic mass is 10.1. The lowest BCUT2D eigenvalue weighted by molar-refractivity contribution is 0.0140. The quantitative estimate of drug-likeness (QED) is 0.733. The number of carbonyl (C=O) groups excluding carboxylic acids is 3. The van der Waals surface area contributed by atoms with E-state index in [1.165, 1.54) is 39.3 Å². The van der Waals surface area contributed by atoms with Gasteiger partial charge in [0.25, 0.3) is 11.8 Å². The van der Waals surface area contributed by atoms with Crippen molar-refractivity contribution in [3.05, 3.63) is 51.5 Å². The van der Waals surface area contributed by atoms with Crippen LogP contribution in [-0.2, 0) is 11.3 Å². The second-order valence-corrected chi connectivity index (χ2v) is 9.26. The van der Waals surface area contributed by atoms with Gasteiger partial charge in [-0.2, -0.15) is 0 Å². The molecule has 3 rings (SSSR count). The summed E-state index contributed by atoms with van der Waals surface area (Å²) in [6, 6.07) is 5.80. The van der Waals surface area contributed by atoms with Crippen molar-refractivity contribution in [3.63, 3.8) is 0 Å². The highest BCUT2D eigenvalue weighted by molar-refractivity contribution is 7.12. The standard InChI is InChI=1S/C22H26FN3O5S/c1-22(2,3)31-21(29)26-9-7-25(8-10-26)20(28)15-12-14(4-5-16(15)23)13-30-17-6-11-32-18(17)19(24)27/h4-6,11-12H,7-10,13H2,1-3H3,(H2,24,27). The predicted molar refractivity (Wildman–Crippen MR) is 117 cm³/mol. The SMILES string of the molecule is CC(C)(C)OC(=O)N1CCN(C(=O)c2cc(COc3ccsc3C(N)=O)ccc2F)CC1. The first-order chi connectivity index (χ1) is 15.0. The smallest absolute Gasteiger partial charge is 0.410 e. The number of piperazine rings is 1. The fourth-order valence-corrected chi connectivity index (χ4v) is 3.85. The number of ether oxygens (including phenoxy) is 2. The van der Waals surface area contributed by atoms with E-state index in [1.54, 1.807) is 32.2 Å². The Morgan fingerprint density at radius 3 is 2.38 bits per heavy atom. The van der Waals surface area contributed by atoms with E-state index >= 15 is 0 Å². The summed E-state index contributed by atoms with van der Waals surface area (Å²) in [7, 11) is 0. The van der Waals surface area contributed by atoms with Crippen molar-refractivity contribution in [2.24, 2.45) is 5.73 Å². The van der Waals surface area contributed by atoms with Gasteiger partial charge in [-0.3, -0.25) is 9.59 Å². The van der Waals surface area contributed by atoms with Crippen LogP contribution in [0.25, 0.3) is 0 Å². The van der Waals surface area contributed by atoms with Crippen LogP contribution in [0.5, 0.6) is 5.75 Å². The fourth-order valence-electron chi connectivity index (χ4n) is 3.17. The van der Waals surface area contributed by atoms with Crippen LogP contribution in [0.3, 0.4) is 0 Å². The molecule has 0 spiro atoms. The Kier molecular flexibility index (Phi) is 7.02. The Morgan fingerprint density at radius 2 is 1.75 bits per heavy atom. The number of halogens is 1. The number of primary amides is 1. The number of amides is 3. The predicted octanol–water partition coefficient (Wildman–Crippen LogP) is 3.26. The van der Waals surface area contributed by atoms with E-state index in [1.807, 2.05) is 0 Å². The van der Waals surface area contributed by atoms with Crippen molar-refractivity contribution in [3.8, 4) is 5.75 Å². The highest BCUT2D eigenvalue weighted by atomic mass is 32.1. The van der Waals surface area contributed by atoms with Crippen LogP contribution in [-0.4, -0.2) is 59.5 Å². The van der Waals surface area contributed by atoms with Gasteiger partial charge in [0.05, 0.1) is 5.56 Å². The third-order valence-corrected chi connectivity index (χ3v) is 5.64. The number of benzene rings is 1. The molecule has 0 atom stereocenters. The molecular weight excluding hydrogens is 437 g/mol. The van der Waals surface area contributed by atoms with Crippen LogP contribution in [0.4, 0.5) is 9.18 Å². The van der Waals surface area contributed by atoms with E-state index in [0.29, 0.717) is 29.3 Å². The van der Waals surface area contributed by atoms with Crippen LogP contribution in [0, 0.1) is 5.82 Å². The Labute approximate surface area is 189 Å². The number of thiophene rings is 1. The van der Waals surface area contributed by atoms with Crippen LogP contribution in [0.2, 0.25) is 0 Å². The summed E-state index contributed by atoms with van der Waals surface area (Å²) in [5, 5.41) is 1.69. The zero-order valence-electron chi connectivity index (χ0n) is 18.2. The average molecular weight is 464 g/mol. The number of rotatable bonds is 5. The molecule has 1 aromatic heterocycles. The second kappa shape index (κ2) is 9.56. The lowest BCUT2D eigenvalue weighted by Gasteiger charge is -2.35. The fraction of sp³-hybridized carbons (Fsp3) is 0.409. The Balaban J connectivity index is 1.63. The lowest BCUT2D eigenvalue weighted by Crippen LogP contribution is -2.51. The third kappa shape index (κ3) is 5.76. The minimum atomic E-state index is -0.637. The zero-order chi connectivity index (χ0) is 23.5. The summed E-state index contributed by atoms with van der Waals surface area (Å²) in [5.74, 6) is -1.34. The summed E-state index contributed by atoms with van der Waals surface area (Å²) in [6.45, 7) is 6.57. The molecule has 10 heteroatoms. The minimum absolute atomic E-state index is 0.0456. The largest absolute Gasteiger partial charge is 0.487 e. The first-order valence-electron chi connectivity index (χ1n) is 10.1. The Bertz CT molecular complexity index is 1010. The van der Waals surface area contributed by atoms with Crippen molar-refractivity contribution in [1.29, 1.82) is 0 Å².